The van der Waals surface area contributed by atoms with Crippen molar-refractivity contribution in [3.8, 4) is 6.07 Å². The Morgan fingerprint density at radius 3 is 2.52 bits per heavy atom. The first-order valence-electron chi connectivity index (χ1n) is 9.99. The smallest absolute Gasteiger partial charge is 0.252 e. The lowest BCUT2D eigenvalue weighted by Crippen LogP contribution is -2.25. The van der Waals surface area contributed by atoms with Gasteiger partial charge in [0.25, 0.3) is 5.91 Å². The number of hydrogen-bond donors (Lipinski definition) is 2. The zero-order chi connectivity index (χ0) is 21.9. The Morgan fingerprint density at radius 1 is 0.935 bits per heavy atom. The van der Waals surface area contributed by atoms with Crippen molar-refractivity contribution in [1.29, 1.82) is 5.26 Å². The maximum absolute atomic E-state index is 12.6. The molecule has 0 fully saturated rings. The number of thioether (sulfide) groups is 1. The zero-order valence-electron chi connectivity index (χ0n) is 17.0. The van der Waals surface area contributed by atoms with E-state index in [1.165, 1.54) is 17.3 Å². The van der Waals surface area contributed by atoms with Crippen LogP contribution in [0.4, 0.5) is 5.69 Å². The molecule has 31 heavy (non-hydrogen) atoms. The fraction of sp³-hybridized carbons (Fsp3) is 0.160. The van der Waals surface area contributed by atoms with E-state index < -0.39 is 0 Å². The number of carbonyl (C=O) groups is 2. The van der Waals surface area contributed by atoms with Crippen molar-refractivity contribution in [2.75, 3.05) is 17.6 Å². The number of carbonyl (C=O) groups excluding carboxylic acids is 2. The normalized spacial score (nSPS) is 10.2. The first-order chi connectivity index (χ1) is 15.2. The van der Waals surface area contributed by atoms with E-state index in [0.29, 0.717) is 23.4 Å². The quantitative estimate of drug-likeness (QED) is 0.383. The van der Waals surface area contributed by atoms with Gasteiger partial charge < -0.3 is 10.6 Å². The molecule has 0 atom stereocenters. The third-order valence-corrected chi connectivity index (χ3v) is 5.61. The molecule has 0 saturated carbocycles. The molecule has 0 spiro atoms. The van der Waals surface area contributed by atoms with E-state index in [4.69, 9.17) is 5.26 Å². The summed E-state index contributed by atoms with van der Waals surface area (Å²) in [5.41, 5.74) is 2.87. The van der Waals surface area contributed by atoms with Crippen molar-refractivity contribution < 1.29 is 9.59 Å². The molecule has 0 radical (unpaired) electrons. The molecular weight excluding hydrogens is 406 g/mol. The molecular formula is C25H23N3O2S. The minimum Gasteiger partial charge on any atom is -0.352 e. The zero-order valence-corrected chi connectivity index (χ0v) is 17.8. The van der Waals surface area contributed by atoms with E-state index in [9.17, 15) is 9.59 Å². The Balaban J connectivity index is 1.50. The van der Waals surface area contributed by atoms with Gasteiger partial charge >= 0.3 is 0 Å². The van der Waals surface area contributed by atoms with E-state index in [2.05, 4.69) is 22.8 Å². The van der Waals surface area contributed by atoms with Crippen molar-refractivity contribution in [1.82, 2.24) is 5.32 Å². The highest BCUT2D eigenvalue weighted by Crippen LogP contribution is 2.23. The molecule has 156 valence electrons. The number of nitriles is 1. The molecule has 3 aromatic rings. The molecule has 0 unspecified atom stereocenters. The highest BCUT2D eigenvalue weighted by molar-refractivity contribution is 8.00. The summed E-state index contributed by atoms with van der Waals surface area (Å²) in [7, 11) is 0. The summed E-state index contributed by atoms with van der Waals surface area (Å²) < 4.78 is 0. The van der Waals surface area contributed by atoms with Crippen molar-refractivity contribution in [2.24, 2.45) is 0 Å². The van der Waals surface area contributed by atoms with Crippen LogP contribution < -0.4 is 10.6 Å². The summed E-state index contributed by atoms with van der Waals surface area (Å²) in [5.74, 6) is -0.175. The summed E-state index contributed by atoms with van der Waals surface area (Å²) in [6, 6.07) is 26.3. The maximum Gasteiger partial charge on any atom is 0.252 e. The average Bonchev–Trinajstić information content (AvgIpc) is 2.81. The summed E-state index contributed by atoms with van der Waals surface area (Å²) in [4.78, 5) is 25.7. The van der Waals surface area contributed by atoms with Gasteiger partial charge in [0.15, 0.2) is 0 Å². The van der Waals surface area contributed by atoms with Crippen LogP contribution in [0.2, 0.25) is 0 Å². The SMILES string of the molecule is N#Cc1cccc(NC(=O)CSc2ccccc2C(=O)NCCCc2ccccc2)c1. The minimum absolute atomic E-state index is 0.140. The van der Waals surface area contributed by atoms with Gasteiger partial charge in [-0.3, -0.25) is 9.59 Å². The van der Waals surface area contributed by atoms with Gasteiger partial charge in [0.2, 0.25) is 5.91 Å². The van der Waals surface area contributed by atoms with Gasteiger partial charge in [-0.05, 0) is 48.7 Å². The predicted molar refractivity (Wildman–Crippen MR) is 124 cm³/mol. The van der Waals surface area contributed by atoms with Crippen molar-refractivity contribution in [3.63, 3.8) is 0 Å². The van der Waals surface area contributed by atoms with E-state index in [1.807, 2.05) is 42.5 Å². The first kappa shape index (κ1) is 22.1. The van der Waals surface area contributed by atoms with E-state index in [0.717, 1.165) is 17.7 Å². The Hall–Kier alpha value is -3.56. The molecule has 2 amide bonds. The van der Waals surface area contributed by atoms with E-state index in [-0.39, 0.29) is 17.6 Å². The van der Waals surface area contributed by atoms with Crippen molar-refractivity contribution >= 4 is 29.3 Å². The average molecular weight is 430 g/mol. The summed E-state index contributed by atoms with van der Waals surface area (Å²) in [6.45, 7) is 0.586. The monoisotopic (exact) mass is 429 g/mol. The topological polar surface area (TPSA) is 82.0 Å². The van der Waals surface area contributed by atoms with Gasteiger partial charge in [0.1, 0.15) is 0 Å². The van der Waals surface area contributed by atoms with Crippen LogP contribution in [0.5, 0.6) is 0 Å². The largest absolute Gasteiger partial charge is 0.352 e. The third kappa shape index (κ3) is 7.02. The lowest BCUT2D eigenvalue weighted by Gasteiger charge is -2.10. The summed E-state index contributed by atoms with van der Waals surface area (Å²) in [5, 5.41) is 14.7. The lowest BCUT2D eigenvalue weighted by atomic mass is 10.1. The molecule has 0 aliphatic rings. The summed E-state index contributed by atoms with van der Waals surface area (Å²) in [6.07, 6.45) is 1.76. The van der Waals surface area contributed by atoms with Gasteiger partial charge in [-0.1, -0.05) is 48.5 Å². The highest BCUT2D eigenvalue weighted by Gasteiger charge is 2.12. The molecule has 0 aliphatic carbocycles. The molecule has 0 bridgehead atoms. The van der Waals surface area contributed by atoms with Crippen molar-refractivity contribution in [3.05, 3.63) is 95.6 Å². The lowest BCUT2D eigenvalue weighted by molar-refractivity contribution is -0.113. The molecule has 6 heteroatoms. The number of nitrogens with one attached hydrogen (secondary N) is 2. The number of aryl methyl sites for hydroxylation is 1. The number of hydrogen-bond acceptors (Lipinski definition) is 4. The van der Waals surface area contributed by atoms with Gasteiger partial charge in [0.05, 0.1) is 22.9 Å². The van der Waals surface area contributed by atoms with Crippen LogP contribution in [-0.4, -0.2) is 24.1 Å². The van der Waals surface area contributed by atoms with Crippen LogP contribution in [0.25, 0.3) is 0 Å². The number of benzene rings is 3. The molecule has 0 aromatic heterocycles. The first-order valence-corrected chi connectivity index (χ1v) is 11.0. The van der Waals surface area contributed by atoms with Crippen LogP contribution in [-0.2, 0) is 11.2 Å². The van der Waals surface area contributed by atoms with Crippen LogP contribution >= 0.6 is 11.8 Å². The minimum atomic E-state index is -0.196. The van der Waals surface area contributed by atoms with E-state index in [1.54, 1.807) is 30.3 Å². The molecule has 0 heterocycles. The van der Waals surface area contributed by atoms with Crippen LogP contribution in [0, 0.1) is 11.3 Å². The Morgan fingerprint density at radius 2 is 1.71 bits per heavy atom. The van der Waals surface area contributed by atoms with E-state index >= 15 is 0 Å². The molecule has 2 N–H and O–H groups in total. The van der Waals surface area contributed by atoms with Crippen molar-refractivity contribution in [2.45, 2.75) is 17.7 Å². The molecule has 5 nitrogen and oxygen atoms in total. The van der Waals surface area contributed by atoms with Crippen LogP contribution in [0.15, 0.2) is 83.8 Å². The molecule has 3 rings (SSSR count). The molecule has 0 aliphatic heterocycles. The fourth-order valence-corrected chi connectivity index (χ4v) is 3.87. The fourth-order valence-electron chi connectivity index (χ4n) is 3.02. The van der Waals surface area contributed by atoms with Crippen LogP contribution in [0.1, 0.15) is 27.9 Å². The van der Waals surface area contributed by atoms with Gasteiger partial charge in [-0.2, -0.15) is 5.26 Å². The highest BCUT2D eigenvalue weighted by atomic mass is 32.2. The third-order valence-electron chi connectivity index (χ3n) is 4.54. The predicted octanol–water partition coefficient (Wildman–Crippen LogP) is 4.65. The summed E-state index contributed by atoms with van der Waals surface area (Å²) >= 11 is 1.31. The second kappa shape index (κ2) is 11.6. The Kier molecular flexibility index (Phi) is 8.27. The number of rotatable bonds is 9. The standard InChI is InChI=1S/C25H23N3O2S/c26-17-20-10-6-12-21(16-20)28-24(29)18-31-23-14-5-4-13-22(23)25(30)27-15-7-11-19-8-2-1-3-9-19/h1-6,8-10,12-14,16H,7,11,15,18H2,(H,27,30)(H,28,29). The Labute approximate surface area is 186 Å². The number of anilines is 1. The molecule has 3 aromatic carbocycles. The molecule has 0 saturated heterocycles. The number of amides is 2. The second-order valence-corrected chi connectivity index (χ2v) is 7.89. The van der Waals surface area contributed by atoms with Gasteiger partial charge in [-0.15, -0.1) is 11.8 Å². The maximum atomic E-state index is 12.6. The van der Waals surface area contributed by atoms with Crippen LogP contribution in [0.3, 0.4) is 0 Å². The van der Waals surface area contributed by atoms with Gasteiger partial charge in [0, 0.05) is 17.1 Å². The second-order valence-electron chi connectivity index (χ2n) is 6.87. The van der Waals surface area contributed by atoms with Gasteiger partial charge in [-0.25, -0.2) is 0 Å². The number of nitrogens with zero attached hydrogens (tertiary/aromatic N) is 1. The Bertz CT molecular complexity index is 1080.